The molecule has 0 saturated carbocycles. The Morgan fingerprint density at radius 3 is 3.22 bits per heavy atom. The summed E-state index contributed by atoms with van der Waals surface area (Å²) in [4.78, 5) is 18.7. The minimum atomic E-state index is 0.842. The minimum Gasteiger partial charge on any atom is -0.369 e. The molecule has 0 atom stereocenters. The Balaban J connectivity index is 1.48. The average molecular weight is 308 g/mol. The predicted octanol–water partition coefficient (Wildman–Crippen LogP) is 2.00. The highest BCUT2D eigenvalue weighted by molar-refractivity contribution is 5.79. The number of rotatable bonds is 4. The van der Waals surface area contributed by atoms with E-state index in [0.29, 0.717) is 0 Å². The van der Waals surface area contributed by atoms with Gasteiger partial charge in [-0.05, 0) is 31.2 Å². The van der Waals surface area contributed by atoms with Gasteiger partial charge in [0.15, 0.2) is 0 Å². The lowest BCUT2D eigenvalue weighted by Gasteiger charge is -2.25. The van der Waals surface area contributed by atoms with Crippen molar-refractivity contribution in [3.05, 3.63) is 47.7 Å². The number of likely N-dealkylation sites (N-methyl/N-ethyl adjacent to an activating group) is 1. The first-order valence-corrected chi connectivity index (χ1v) is 7.97. The number of nitrogens with zero attached hydrogens (tertiary/aromatic N) is 4. The first-order valence-electron chi connectivity index (χ1n) is 7.97. The fraction of sp³-hybridized carbons (Fsp3) is 0.353. The molecule has 6 heteroatoms. The van der Waals surface area contributed by atoms with Crippen molar-refractivity contribution in [1.82, 2.24) is 24.8 Å². The Labute approximate surface area is 135 Å². The van der Waals surface area contributed by atoms with Crippen LogP contribution in [0.2, 0.25) is 0 Å². The molecular weight excluding hydrogens is 288 g/mol. The van der Waals surface area contributed by atoms with E-state index >= 15 is 0 Å². The number of aromatic nitrogens is 4. The summed E-state index contributed by atoms with van der Waals surface area (Å²) in [6, 6.07) is 4.08. The summed E-state index contributed by atoms with van der Waals surface area (Å²) in [5, 5.41) is 4.68. The highest BCUT2D eigenvalue weighted by Crippen LogP contribution is 2.22. The van der Waals surface area contributed by atoms with E-state index in [1.807, 2.05) is 18.5 Å². The van der Waals surface area contributed by atoms with Gasteiger partial charge in [0.2, 0.25) is 0 Å². The number of anilines is 1. The van der Waals surface area contributed by atoms with Crippen molar-refractivity contribution in [1.29, 1.82) is 0 Å². The maximum atomic E-state index is 4.44. The molecule has 4 heterocycles. The second-order valence-corrected chi connectivity index (χ2v) is 6.03. The molecule has 1 aliphatic rings. The number of hydrogen-bond acceptors (Lipinski definition) is 5. The summed E-state index contributed by atoms with van der Waals surface area (Å²) in [6.07, 6.45) is 7.45. The summed E-state index contributed by atoms with van der Waals surface area (Å²) in [5.41, 5.74) is 4.64. The highest BCUT2D eigenvalue weighted by Gasteiger charge is 2.18. The van der Waals surface area contributed by atoms with E-state index in [0.717, 1.165) is 43.9 Å². The van der Waals surface area contributed by atoms with Gasteiger partial charge in [-0.3, -0.25) is 0 Å². The van der Waals surface area contributed by atoms with Crippen molar-refractivity contribution in [3.8, 4) is 0 Å². The molecule has 3 aromatic heterocycles. The van der Waals surface area contributed by atoms with Crippen LogP contribution in [0.4, 0.5) is 5.82 Å². The van der Waals surface area contributed by atoms with E-state index in [9.17, 15) is 0 Å². The van der Waals surface area contributed by atoms with Crippen molar-refractivity contribution >= 4 is 16.9 Å². The lowest BCUT2D eigenvalue weighted by Crippen LogP contribution is -2.28. The van der Waals surface area contributed by atoms with Gasteiger partial charge in [0, 0.05) is 49.4 Å². The summed E-state index contributed by atoms with van der Waals surface area (Å²) in [6.45, 7) is 2.82. The Kier molecular flexibility index (Phi) is 3.67. The third-order valence-electron chi connectivity index (χ3n) is 4.42. The second kappa shape index (κ2) is 5.96. The molecule has 0 unspecified atom stereocenters. The predicted molar refractivity (Wildman–Crippen MR) is 90.4 cm³/mol. The van der Waals surface area contributed by atoms with Crippen molar-refractivity contribution in [3.63, 3.8) is 0 Å². The zero-order valence-electron chi connectivity index (χ0n) is 13.2. The molecule has 1 aliphatic heterocycles. The van der Waals surface area contributed by atoms with Crippen LogP contribution in [0.1, 0.15) is 16.8 Å². The van der Waals surface area contributed by atoms with Crippen LogP contribution in [0.5, 0.6) is 0 Å². The smallest absolute Gasteiger partial charge is 0.137 e. The molecule has 4 rings (SSSR count). The zero-order valence-corrected chi connectivity index (χ0v) is 13.2. The van der Waals surface area contributed by atoms with Crippen LogP contribution in [-0.4, -0.2) is 45.0 Å². The van der Waals surface area contributed by atoms with Crippen LogP contribution in [0.3, 0.4) is 0 Å². The third kappa shape index (κ3) is 2.77. The Morgan fingerprint density at radius 2 is 2.26 bits per heavy atom. The van der Waals surface area contributed by atoms with Crippen molar-refractivity contribution in [2.45, 2.75) is 19.4 Å². The van der Waals surface area contributed by atoms with Gasteiger partial charge in [0.1, 0.15) is 17.8 Å². The van der Waals surface area contributed by atoms with Gasteiger partial charge in [-0.1, -0.05) is 0 Å². The van der Waals surface area contributed by atoms with Gasteiger partial charge in [-0.15, -0.1) is 0 Å². The lowest BCUT2D eigenvalue weighted by molar-refractivity contribution is 0.310. The standard InChI is InChI=1S/C17H20N6/c1-23-8-5-15-14(10-23)17(22-11-21-15)19-7-4-12-9-20-16-13(12)3-2-6-18-16/h2-3,6,9,11H,4-5,7-8,10H2,1H3,(H,18,20)(H,19,21,22). The Hall–Kier alpha value is -2.47. The van der Waals surface area contributed by atoms with Crippen LogP contribution < -0.4 is 5.32 Å². The van der Waals surface area contributed by atoms with Gasteiger partial charge < -0.3 is 15.2 Å². The quantitative estimate of drug-likeness (QED) is 0.771. The fourth-order valence-electron chi connectivity index (χ4n) is 3.16. The van der Waals surface area contributed by atoms with Crippen LogP contribution >= 0.6 is 0 Å². The molecule has 0 saturated heterocycles. The number of aromatic amines is 1. The molecule has 0 radical (unpaired) electrons. The monoisotopic (exact) mass is 308 g/mol. The zero-order chi connectivity index (χ0) is 15.6. The van der Waals surface area contributed by atoms with E-state index in [1.165, 1.54) is 22.2 Å². The Bertz CT molecular complexity index is 825. The van der Waals surface area contributed by atoms with Gasteiger partial charge in [-0.2, -0.15) is 0 Å². The third-order valence-corrected chi connectivity index (χ3v) is 4.42. The second-order valence-electron chi connectivity index (χ2n) is 6.03. The van der Waals surface area contributed by atoms with E-state index < -0.39 is 0 Å². The molecule has 118 valence electrons. The number of hydrogen-bond donors (Lipinski definition) is 2. The molecule has 0 spiro atoms. The van der Waals surface area contributed by atoms with Crippen LogP contribution in [0.15, 0.2) is 30.9 Å². The molecule has 3 aromatic rings. The fourth-order valence-corrected chi connectivity index (χ4v) is 3.16. The molecule has 0 amide bonds. The molecule has 0 fully saturated rings. The largest absolute Gasteiger partial charge is 0.369 e. The average Bonchev–Trinajstić information content (AvgIpc) is 2.99. The first-order chi connectivity index (χ1) is 11.3. The summed E-state index contributed by atoms with van der Waals surface area (Å²) in [5.74, 6) is 0.972. The summed E-state index contributed by atoms with van der Waals surface area (Å²) >= 11 is 0. The highest BCUT2D eigenvalue weighted by atomic mass is 15.1. The van der Waals surface area contributed by atoms with Crippen LogP contribution in [0, 0.1) is 0 Å². The van der Waals surface area contributed by atoms with Crippen molar-refractivity contribution in [2.75, 3.05) is 25.5 Å². The molecule has 6 nitrogen and oxygen atoms in total. The summed E-state index contributed by atoms with van der Waals surface area (Å²) in [7, 11) is 2.14. The van der Waals surface area contributed by atoms with Crippen LogP contribution in [-0.2, 0) is 19.4 Å². The molecule has 2 N–H and O–H groups in total. The van der Waals surface area contributed by atoms with Gasteiger partial charge in [-0.25, -0.2) is 15.0 Å². The van der Waals surface area contributed by atoms with Gasteiger partial charge >= 0.3 is 0 Å². The van der Waals surface area contributed by atoms with E-state index in [1.54, 1.807) is 6.33 Å². The normalized spacial score (nSPS) is 14.8. The Morgan fingerprint density at radius 1 is 1.30 bits per heavy atom. The number of pyridine rings is 1. The van der Waals surface area contributed by atoms with E-state index in [-0.39, 0.29) is 0 Å². The maximum absolute atomic E-state index is 4.44. The number of H-pyrrole nitrogens is 1. The molecular formula is C17H20N6. The van der Waals surface area contributed by atoms with Crippen molar-refractivity contribution < 1.29 is 0 Å². The number of fused-ring (bicyclic) bond motifs is 2. The lowest BCUT2D eigenvalue weighted by atomic mass is 10.1. The molecule has 0 aliphatic carbocycles. The molecule has 0 bridgehead atoms. The van der Waals surface area contributed by atoms with Gasteiger partial charge in [0.05, 0.1) is 5.69 Å². The number of nitrogens with one attached hydrogen (secondary N) is 2. The van der Waals surface area contributed by atoms with Crippen LogP contribution in [0.25, 0.3) is 11.0 Å². The van der Waals surface area contributed by atoms with E-state index in [2.05, 4.69) is 43.3 Å². The van der Waals surface area contributed by atoms with Crippen molar-refractivity contribution in [2.24, 2.45) is 0 Å². The topological polar surface area (TPSA) is 69.7 Å². The molecule has 23 heavy (non-hydrogen) atoms. The summed E-state index contributed by atoms with van der Waals surface area (Å²) < 4.78 is 0. The van der Waals surface area contributed by atoms with Gasteiger partial charge in [0.25, 0.3) is 0 Å². The SMILES string of the molecule is CN1CCc2ncnc(NCCc3c[nH]c4ncccc34)c2C1. The first kappa shape index (κ1) is 14.1. The van der Waals surface area contributed by atoms with E-state index in [4.69, 9.17) is 0 Å². The maximum Gasteiger partial charge on any atom is 0.137 e. The minimum absolute atomic E-state index is 0.842. The molecule has 0 aromatic carbocycles.